The zero-order chi connectivity index (χ0) is 9.71. The topological polar surface area (TPSA) is 40.2 Å². The van der Waals surface area contributed by atoms with E-state index >= 15 is 0 Å². The van der Waals surface area contributed by atoms with Crippen molar-refractivity contribution in [3.05, 3.63) is 0 Å². The molecule has 2 bridgehead atoms. The Kier molecular flexibility index (Phi) is 2.06. The highest BCUT2D eigenvalue weighted by Crippen LogP contribution is 2.53. The lowest BCUT2D eigenvalue weighted by molar-refractivity contribution is -0.00242. The maximum Gasteiger partial charge on any atom is 0.113 e. The Hall–Kier alpha value is -0.160. The number of hydrogen-bond acceptors (Lipinski definition) is 4. The molecule has 4 heteroatoms. The third-order valence-corrected chi connectivity index (χ3v) is 3.64. The minimum Gasteiger partial charge on any atom is -0.384 e. The highest BCUT2D eigenvalue weighted by Gasteiger charge is 2.68. The summed E-state index contributed by atoms with van der Waals surface area (Å²) < 4.78 is 21.9. The Morgan fingerprint density at radius 1 is 0.786 bits per heavy atom. The fraction of sp³-hybridized carbons (Fsp3) is 1.00. The summed E-state index contributed by atoms with van der Waals surface area (Å²) in [5.41, 5.74) is 0. The van der Waals surface area contributed by atoms with Crippen molar-refractivity contribution in [1.29, 1.82) is 0 Å². The Morgan fingerprint density at radius 3 is 1.64 bits per heavy atom. The van der Waals surface area contributed by atoms with E-state index in [0.29, 0.717) is 24.0 Å². The SMILES string of the molecule is COCC1[C@@H]2O[C@@H](C3OC32)[C@@H]1COC. The number of ether oxygens (including phenoxy) is 4. The van der Waals surface area contributed by atoms with Crippen LogP contribution in [0, 0.1) is 11.8 Å². The summed E-state index contributed by atoms with van der Waals surface area (Å²) in [5.74, 6) is 0.905. The zero-order valence-corrected chi connectivity index (χ0v) is 8.51. The molecule has 0 radical (unpaired) electrons. The quantitative estimate of drug-likeness (QED) is 0.602. The van der Waals surface area contributed by atoms with E-state index in [2.05, 4.69) is 0 Å². The first kappa shape index (κ1) is 9.09. The van der Waals surface area contributed by atoms with Crippen LogP contribution in [-0.2, 0) is 18.9 Å². The van der Waals surface area contributed by atoms with E-state index in [-0.39, 0.29) is 12.2 Å². The smallest absolute Gasteiger partial charge is 0.113 e. The number of methoxy groups -OCH3 is 2. The van der Waals surface area contributed by atoms with Gasteiger partial charge in [-0.15, -0.1) is 0 Å². The highest BCUT2D eigenvalue weighted by molar-refractivity contribution is 5.14. The first-order valence-electron chi connectivity index (χ1n) is 5.15. The lowest BCUT2D eigenvalue weighted by Gasteiger charge is -2.24. The second-order valence-corrected chi connectivity index (χ2v) is 4.37. The molecular weight excluding hydrogens is 184 g/mol. The van der Waals surface area contributed by atoms with Gasteiger partial charge in [0.1, 0.15) is 12.2 Å². The summed E-state index contributed by atoms with van der Waals surface area (Å²) in [5, 5.41) is 0. The lowest BCUT2D eigenvalue weighted by atomic mass is 9.80. The maximum absolute atomic E-state index is 5.88. The standard InChI is InChI=1S/C10H16O4/c1-11-3-5-6(4-12-2)8-10-9(14-10)7(5)13-8/h5-10H,3-4H2,1-2H3/t5-,6?,7-,8+,9?,10?/m1/s1. The fourth-order valence-corrected chi connectivity index (χ4v) is 3.00. The van der Waals surface area contributed by atoms with Crippen LogP contribution in [0.15, 0.2) is 0 Å². The molecule has 0 spiro atoms. The van der Waals surface area contributed by atoms with Crippen LogP contribution in [0.3, 0.4) is 0 Å². The van der Waals surface area contributed by atoms with Gasteiger partial charge in [0.05, 0.1) is 25.4 Å². The minimum absolute atomic E-state index is 0.255. The van der Waals surface area contributed by atoms with Crippen LogP contribution in [0.2, 0.25) is 0 Å². The number of epoxide rings is 1. The first-order chi connectivity index (χ1) is 6.86. The van der Waals surface area contributed by atoms with E-state index in [9.17, 15) is 0 Å². The molecule has 3 heterocycles. The van der Waals surface area contributed by atoms with Crippen LogP contribution in [0.5, 0.6) is 0 Å². The molecule has 0 aromatic carbocycles. The molecule has 0 amide bonds. The van der Waals surface area contributed by atoms with Gasteiger partial charge in [-0.1, -0.05) is 0 Å². The van der Waals surface area contributed by atoms with Gasteiger partial charge in [-0.05, 0) is 0 Å². The predicted molar refractivity (Wildman–Crippen MR) is 48.1 cm³/mol. The van der Waals surface area contributed by atoms with Crippen LogP contribution in [-0.4, -0.2) is 51.8 Å². The first-order valence-corrected chi connectivity index (χ1v) is 5.15. The van der Waals surface area contributed by atoms with Gasteiger partial charge in [0.2, 0.25) is 0 Å². The van der Waals surface area contributed by atoms with Gasteiger partial charge in [0.15, 0.2) is 0 Å². The highest BCUT2D eigenvalue weighted by atomic mass is 16.7. The van der Waals surface area contributed by atoms with Crippen molar-refractivity contribution in [2.24, 2.45) is 11.8 Å². The van der Waals surface area contributed by atoms with Crippen molar-refractivity contribution in [1.82, 2.24) is 0 Å². The van der Waals surface area contributed by atoms with E-state index < -0.39 is 0 Å². The van der Waals surface area contributed by atoms with Crippen molar-refractivity contribution in [2.75, 3.05) is 27.4 Å². The van der Waals surface area contributed by atoms with Crippen LogP contribution in [0.4, 0.5) is 0 Å². The Bertz CT molecular complexity index is 210. The van der Waals surface area contributed by atoms with Gasteiger partial charge in [0, 0.05) is 26.1 Å². The van der Waals surface area contributed by atoms with Gasteiger partial charge >= 0.3 is 0 Å². The zero-order valence-electron chi connectivity index (χ0n) is 8.51. The molecule has 80 valence electrons. The van der Waals surface area contributed by atoms with Crippen molar-refractivity contribution in [3.8, 4) is 0 Å². The van der Waals surface area contributed by atoms with Gasteiger partial charge < -0.3 is 18.9 Å². The van der Waals surface area contributed by atoms with Crippen molar-refractivity contribution in [2.45, 2.75) is 24.4 Å². The number of fused-ring (bicyclic) bond motifs is 5. The molecule has 3 aliphatic heterocycles. The summed E-state index contributed by atoms with van der Waals surface area (Å²) in [7, 11) is 3.47. The molecule has 14 heavy (non-hydrogen) atoms. The molecule has 0 aliphatic carbocycles. The molecule has 3 rings (SSSR count). The molecule has 0 aromatic heterocycles. The number of hydrogen-bond donors (Lipinski definition) is 0. The predicted octanol–water partition coefficient (Wildman–Crippen LogP) is 0.0600. The molecule has 3 fully saturated rings. The summed E-state index contributed by atoms with van der Waals surface area (Å²) in [6.45, 7) is 1.50. The van der Waals surface area contributed by atoms with Crippen LogP contribution in [0.25, 0.3) is 0 Å². The lowest BCUT2D eigenvalue weighted by Crippen LogP contribution is -2.37. The Morgan fingerprint density at radius 2 is 1.21 bits per heavy atom. The second kappa shape index (κ2) is 3.17. The molecule has 0 aromatic rings. The molecule has 3 saturated heterocycles. The van der Waals surface area contributed by atoms with Crippen LogP contribution >= 0.6 is 0 Å². The van der Waals surface area contributed by atoms with Crippen molar-refractivity contribution >= 4 is 0 Å². The minimum atomic E-state index is 0.255. The van der Waals surface area contributed by atoms with Crippen molar-refractivity contribution < 1.29 is 18.9 Å². The Balaban J connectivity index is 1.74. The van der Waals surface area contributed by atoms with Crippen molar-refractivity contribution in [3.63, 3.8) is 0 Å². The summed E-state index contributed by atoms with van der Waals surface area (Å²) in [4.78, 5) is 0. The summed E-state index contributed by atoms with van der Waals surface area (Å²) in [6.07, 6.45) is 1.22. The molecule has 3 aliphatic rings. The average Bonchev–Trinajstić information content (AvgIpc) is 2.82. The molecule has 4 nitrogen and oxygen atoms in total. The van der Waals surface area contributed by atoms with E-state index in [4.69, 9.17) is 18.9 Å². The third-order valence-electron chi connectivity index (χ3n) is 3.64. The third kappa shape index (κ3) is 1.08. The van der Waals surface area contributed by atoms with Gasteiger partial charge in [-0.25, -0.2) is 0 Å². The summed E-state index contributed by atoms with van der Waals surface area (Å²) >= 11 is 0. The maximum atomic E-state index is 5.88. The average molecular weight is 200 g/mol. The molecule has 3 unspecified atom stereocenters. The second-order valence-electron chi connectivity index (χ2n) is 4.37. The van der Waals surface area contributed by atoms with Gasteiger partial charge in [-0.3, -0.25) is 0 Å². The fourth-order valence-electron chi connectivity index (χ4n) is 3.00. The molecule has 0 N–H and O–H groups in total. The molecule has 0 saturated carbocycles. The Labute approximate surface area is 83.5 Å². The van der Waals surface area contributed by atoms with E-state index in [1.54, 1.807) is 14.2 Å². The monoisotopic (exact) mass is 200 g/mol. The normalized spacial score (nSPS) is 53.6. The van der Waals surface area contributed by atoms with E-state index in [1.807, 2.05) is 0 Å². The van der Waals surface area contributed by atoms with E-state index in [1.165, 1.54) is 0 Å². The molecular formula is C10H16O4. The number of rotatable bonds is 4. The van der Waals surface area contributed by atoms with Crippen LogP contribution < -0.4 is 0 Å². The van der Waals surface area contributed by atoms with Crippen LogP contribution in [0.1, 0.15) is 0 Å². The van der Waals surface area contributed by atoms with Gasteiger partial charge in [-0.2, -0.15) is 0 Å². The summed E-state index contributed by atoms with van der Waals surface area (Å²) in [6, 6.07) is 0. The molecule has 6 atom stereocenters. The van der Waals surface area contributed by atoms with Gasteiger partial charge in [0.25, 0.3) is 0 Å². The largest absolute Gasteiger partial charge is 0.384 e. The van der Waals surface area contributed by atoms with E-state index in [0.717, 1.165) is 13.2 Å².